The van der Waals surface area contributed by atoms with Crippen LogP contribution in [0.2, 0.25) is 0 Å². The van der Waals surface area contributed by atoms with Gasteiger partial charge in [-0.25, -0.2) is 0 Å². The first-order chi connectivity index (χ1) is 9.83. The number of nitrogens with one attached hydrogen (secondary N) is 1. The highest BCUT2D eigenvalue weighted by Gasteiger charge is 2.10. The Labute approximate surface area is 119 Å². The third-order valence-corrected chi connectivity index (χ3v) is 4.49. The van der Waals surface area contributed by atoms with Crippen molar-refractivity contribution in [2.45, 2.75) is 0 Å². The lowest BCUT2D eigenvalue weighted by atomic mass is 10.0. The number of thiophene rings is 1. The largest absolute Gasteiger partial charge is 0.321 e. The van der Waals surface area contributed by atoms with Gasteiger partial charge in [0.2, 0.25) is 0 Å². The molecule has 4 rings (SSSR count). The summed E-state index contributed by atoms with van der Waals surface area (Å²) in [4.78, 5) is 15.3. The molecular formula is C17H11NOS. The normalized spacial score (nSPS) is 11.2. The molecule has 2 nitrogen and oxygen atoms in total. The third kappa shape index (κ3) is 1.67. The first-order valence-corrected chi connectivity index (χ1v) is 7.29. The molecule has 1 N–H and O–H groups in total. The smallest absolute Gasteiger partial charge is 0.256 e. The molecule has 4 aromatic rings. The zero-order valence-electron chi connectivity index (χ0n) is 10.6. The van der Waals surface area contributed by atoms with E-state index in [0.717, 1.165) is 27.4 Å². The van der Waals surface area contributed by atoms with E-state index in [2.05, 4.69) is 22.5 Å². The summed E-state index contributed by atoms with van der Waals surface area (Å²) in [5.41, 5.74) is 2.59. The summed E-state index contributed by atoms with van der Waals surface area (Å²) in [7, 11) is 0. The molecule has 2 aromatic carbocycles. The van der Waals surface area contributed by atoms with E-state index in [1.165, 1.54) is 4.70 Å². The van der Waals surface area contributed by atoms with Crippen LogP contribution in [0.15, 0.2) is 64.8 Å². The van der Waals surface area contributed by atoms with Crippen molar-refractivity contribution in [2.75, 3.05) is 0 Å². The van der Waals surface area contributed by atoms with Gasteiger partial charge in [0.15, 0.2) is 0 Å². The zero-order chi connectivity index (χ0) is 13.5. The van der Waals surface area contributed by atoms with Crippen LogP contribution < -0.4 is 5.56 Å². The van der Waals surface area contributed by atoms with Gasteiger partial charge in [0.25, 0.3) is 5.56 Å². The molecule has 0 radical (unpaired) electrons. The molecule has 20 heavy (non-hydrogen) atoms. The molecule has 0 saturated heterocycles. The van der Waals surface area contributed by atoms with Crippen LogP contribution in [0.5, 0.6) is 0 Å². The second kappa shape index (κ2) is 4.32. The highest BCUT2D eigenvalue weighted by molar-refractivity contribution is 7.17. The van der Waals surface area contributed by atoms with Crippen molar-refractivity contribution in [1.29, 1.82) is 0 Å². The lowest BCUT2D eigenvalue weighted by Crippen LogP contribution is -2.08. The minimum atomic E-state index is -0.0350. The fourth-order valence-electron chi connectivity index (χ4n) is 2.53. The second-order valence-corrected chi connectivity index (χ2v) is 5.66. The zero-order valence-corrected chi connectivity index (χ0v) is 11.4. The Morgan fingerprint density at radius 3 is 2.65 bits per heavy atom. The van der Waals surface area contributed by atoms with Gasteiger partial charge in [-0.3, -0.25) is 4.79 Å². The molecule has 0 bridgehead atoms. The fourth-order valence-corrected chi connectivity index (χ4v) is 3.49. The van der Waals surface area contributed by atoms with Gasteiger partial charge < -0.3 is 4.98 Å². The monoisotopic (exact) mass is 277 g/mol. The van der Waals surface area contributed by atoms with Crippen molar-refractivity contribution in [3.05, 3.63) is 70.3 Å². The molecule has 96 valence electrons. The van der Waals surface area contributed by atoms with Gasteiger partial charge in [0, 0.05) is 32.1 Å². The Morgan fingerprint density at radius 2 is 1.70 bits per heavy atom. The van der Waals surface area contributed by atoms with Crippen molar-refractivity contribution < 1.29 is 0 Å². The van der Waals surface area contributed by atoms with E-state index in [-0.39, 0.29) is 5.56 Å². The summed E-state index contributed by atoms with van der Waals surface area (Å²) in [5, 5.41) is 4.25. The number of fused-ring (bicyclic) bond motifs is 2. The summed E-state index contributed by atoms with van der Waals surface area (Å²) in [5.74, 6) is 0. The predicted octanol–water partition coefficient (Wildman–Crippen LogP) is 4.41. The van der Waals surface area contributed by atoms with Crippen LogP contribution in [0.1, 0.15) is 0 Å². The van der Waals surface area contributed by atoms with Gasteiger partial charge in [-0.1, -0.05) is 36.4 Å². The molecular weight excluding hydrogens is 266 g/mol. The van der Waals surface area contributed by atoms with Gasteiger partial charge >= 0.3 is 0 Å². The summed E-state index contributed by atoms with van der Waals surface area (Å²) in [6, 6.07) is 18.0. The van der Waals surface area contributed by atoms with Crippen molar-refractivity contribution in [3.8, 4) is 11.1 Å². The van der Waals surface area contributed by atoms with E-state index in [4.69, 9.17) is 0 Å². The summed E-state index contributed by atoms with van der Waals surface area (Å²) >= 11 is 1.67. The number of aromatic nitrogens is 1. The highest BCUT2D eigenvalue weighted by Crippen LogP contribution is 2.32. The lowest BCUT2D eigenvalue weighted by molar-refractivity contribution is 1.31. The van der Waals surface area contributed by atoms with Crippen molar-refractivity contribution in [2.24, 2.45) is 0 Å². The minimum absolute atomic E-state index is 0.0350. The Balaban J connectivity index is 2.07. The topological polar surface area (TPSA) is 32.9 Å². The van der Waals surface area contributed by atoms with Crippen LogP contribution in [-0.2, 0) is 0 Å². The fraction of sp³-hybridized carbons (Fsp3) is 0. The maximum atomic E-state index is 12.3. The van der Waals surface area contributed by atoms with Gasteiger partial charge in [-0.15, -0.1) is 11.3 Å². The molecule has 0 amide bonds. The third-order valence-electron chi connectivity index (χ3n) is 3.52. The molecule has 0 spiro atoms. The van der Waals surface area contributed by atoms with E-state index < -0.39 is 0 Å². The van der Waals surface area contributed by atoms with Gasteiger partial charge in [0.1, 0.15) is 0 Å². The maximum absolute atomic E-state index is 12.3. The number of H-pyrrole nitrogens is 1. The molecule has 2 heterocycles. The maximum Gasteiger partial charge on any atom is 0.256 e. The SMILES string of the molecule is O=c1[nH]c2ccccc2cc1-c1csc2ccccc12. The van der Waals surface area contributed by atoms with Crippen LogP contribution in [0.4, 0.5) is 0 Å². The van der Waals surface area contributed by atoms with E-state index in [1.807, 2.05) is 42.5 Å². The minimum Gasteiger partial charge on any atom is -0.321 e. The van der Waals surface area contributed by atoms with Crippen LogP contribution in [0, 0.1) is 0 Å². The molecule has 0 saturated carbocycles. The number of aromatic amines is 1. The molecule has 0 aliphatic carbocycles. The van der Waals surface area contributed by atoms with E-state index >= 15 is 0 Å². The molecule has 0 unspecified atom stereocenters. The van der Waals surface area contributed by atoms with E-state index in [1.54, 1.807) is 11.3 Å². The molecule has 3 heteroatoms. The van der Waals surface area contributed by atoms with Crippen molar-refractivity contribution in [3.63, 3.8) is 0 Å². The molecule has 0 fully saturated rings. The Kier molecular flexibility index (Phi) is 2.47. The standard InChI is InChI=1S/C17H11NOS/c19-17-13(9-11-5-1-3-7-15(11)18-17)14-10-20-16-8-4-2-6-12(14)16/h1-10H,(H,18,19). The number of hydrogen-bond acceptors (Lipinski definition) is 2. The molecule has 0 atom stereocenters. The Bertz CT molecular complexity index is 981. The van der Waals surface area contributed by atoms with Crippen LogP contribution in [-0.4, -0.2) is 4.98 Å². The number of pyridine rings is 1. The predicted molar refractivity (Wildman–Crippen MR) is 85.4 cm³/mol. The van der Waals surface area contributed by atoms with Crippen LogP contribution >= 0.6 is 11.3 Å². The average Bonchev–Trinajstić information content (AvgIpc) is 2.90. The number of benzene rings is 2. The first-order valence-electron chi connectivity index (χ1n) is 6.41. The quantitative estimate of drug-likeness (QED) is 0.549. The first kappa shape index (κ1) is 11.4. The molecule has 0 aliphatic heterocycles. The van der Waals surface area contributed by atoms with E-state index in [0.29, 0.717) is 0 Å². The lowest BCUT2D eigenvalue weighted by Gasteiger charge is -2.02. The van der Waals surface area contributed by atoms with Gasteiger partial charge in [-0.05, 0) is 23.6 Å². The summed E-state index contributed by atoms with van der Waals surface area (Å²) in [6.07, 6.45) is 0. The number of rotatable bonds is 1. The van der Waals surface area contributed by atoms with E-state index in [9.17, 15) is 4.79 Å². The highest BCUT2D eigenvalue weighted by atomic mass is 32.1. The van der Waals surface area contributed by atoms with Crippen LogP contribution in [0.3, 0.4) is 0 Å². The van der Waals surface area contributed by atoms with Gasteiger partial charge in [0.05, 0.1) is 0 Å². The second-order valence-electron chi connectivity index (χ2n) is 4.74. The van der Waals surface area contributed by atoms with Crippen molar-refractivity contribution in [1.82, 2.24) is 4.98 Å². The van der Waals surface area contributed by atoms with Gasteiger partial charge in [-0.2, -0.15) is 0 Å². The Hall–Kier alpha value is -2.39. The Morgan fingerprint density at radius 1 is 0.900 bits per heavy atom. The van der Waals surface area contributed by atoms with Crippen LogP contribution in [0.25, 0.3) is 32.1 Å². The summed E-state index contributed by atoms with van der Waals surface area (Å²) < 4.78 is 1.20. The summed E-state index contributed by atoms with van der Waals surface area (Å²) in [6.45, 7) is 0. The number of para-hydroxylation sites is 1. The van der Waals surface area contributed by atoms with Crippen molar-refractivity contribution >= 4 is 32.3 Å². The average molecular weight is 277 g/mol. The molecule has 0 aliphatic rings. The molecule has 2 aromatic heterocycles. The number of hydrogen-bond donors (Lipinski definition) is 1.